The highest BCUT2D eigenvalue weighted by Crippen LogP contribution is 2.30. The van der Waals surface area contributed by atoms with Crippen molar-refractivity contribution in [3.05, 3.63) is 46.2 Å². The molecule has 0 atom stereocenters. The minimum absolute atomic E-state index is 0.0704. The molecule has 2 rings (SSSR count). The number of carbonyl (C=O) groups excluding carboxylic acids is 1. The zero-order chi connectivity index (χ0) is 15.4. The normalized spacial score (nSPS) is 10.4. The minimum Gasteiger partial charge on any atom is -0.481 e. The number of carboxylic acid groups (broad SMARTS) is 1. The average molecular weight is 328 g/mol. The Hall–Kier alpha value is -2.05. The first kappa shape index (κ1) is 15.3. The van der Waals surface area contributed by atoms with Crippen molar-refractivity contribution >= 4 is 40.8 Å². The number of rotatable bonds is 5. The molecule has 1 heterocycles. The van der Waals surface area contributed by atoms with Gasteiger partial charge in [-0.2, -0.15) is 5.10 Å². The van der Waals surface area contributed by atoms with Crippen LogP contribution in [0.5, 0.6) is 0 Å². The summed E-state index contributed by atoms with van der Waals surface area (Å²) in [6.45, 7) is 0.190. The Morgan fingerprint density at radius 3 is 2.52 bits per heavy atom. The van der Waals surface area contributed by atoms with Crippen molar-refractivity contribution in [1.82, 2.24) is 9.78 Å². The second-order valence-electron chi connectivity index (χ2n) is 4.16. The van der Waals surface area contributed by atoms with Gasteiger partial charge in [0.25, 0.3) is 5.91 Å². The Morgan fingerprint density at radius 1 is 1.24 bits per heavy atom. The maximum absolute atomic E-state index is 12.0. The highest BCUT2D eigenvalue weighted by atomic mass is 35.5. The van der Waals surface area contributed by atoms with E-state index in [-0.39, 0.29) is 18.7 Å². The Balaban J connectivity index is 2.09. The molecule has 21 heavy (non-hydrogen) atoms. The summed E-state index contributed by atoms with van der Waals surface area (Å²) >= 11 is 11.9. The van der Waals surface area contributed by atoms with Crippen LogP contribution in [-0.4, -0.2) is 26.8 Å². The van der Waals surface area contributed by atoms with Crippen LogP contribution in [-0.2, 0) is 11.3 Å². The fourth-order valence-corrected chi connectivity index (χ4v) is 2.10. The Morgan fingerprint density at radius 2 is 1.90 bits per heavy atom. The molecular formula is C13H11Cl2N3O3. The molecule has 1 aromatic carbocycles. The van der Waals surface area contributed by atoms with Crippen molar-refractivity contribution in [1.29, 1.82) is 0 Å². The van der Waals surface area contributed by atoms with E-state index in [4.69, 9.17) is 28.3 Å². The van der Waals surface area contributed by atoms with E-state index in [2.05, 4.69) is 10.4 Å². The van der Waals surface area contributed by atoms with E-state index in [0.717, 1.165) is 0 Å². The number of halogens is 2. The van der Waals surface area contributed by atoms with Crippen LogP contribution in [0.15, 0.2) is 30.5 Å². The van der Waals surface area contributed by atoms with Gasteiger partial charge in [0.1, 0.15) is 0 Å². The van der Waals surface area contributed by atoms with Crippen LogP contribution in [0, 0.1) is 0 Å². The van der Waals surface area contributed by atoms with Crippen molar-refractivity contribution in [2.75, 3.05) is 5.32 Å². The number of aryl methyl sites for hydroxylation is 1. The number of hydrogen-bond acceptors (Lipinski definition) is 3. The van der Waals surface area contributed by atoms with Crippen LogP contribution in [0.3, 0.4) is 0 Å². The second-order valence-corrected chi connectivity index (χ2v) is 4.97. The highest BCUT2D eigenvalue weighted by molar-refractivity contribution is 6.39. The molecule has 1 aromatic heterocycles. The first-order valence-corrected chi connectivity index (χ1v) is 6.73. The van der Waals surface area contributed by atoms with Crippen LogP contribution in [0.1, 0.15) is 16.9 Å². The number of carboxylic acids is 1. The van der Waals surface area contributed by atoms with E-state index in [1.807, 2.05) is 0 Å². The van der Waals surface area contributed by atoms with Gasteiger partial charge in [-0.1, -0.05) is 29.3 Å². The van der Waals surface area contributed by atoms with Crippen LogP contribution in [0.4, 0.5) is 5.69 Å². The summed E-state index contributed by atoms with van der Waals surface area (Å²) in [5.41, 5.74) is 0.460. The number of para-hydroxylation sites is 1. The molecule has 0 aliphatic heterocycles. The molecule has 0 fully saturated rings. The lowest BCUT2D eigenvalue weighted by Gasteiger charge is -2.07. The topological polar surface area (TPSA) is 84.2 Å². The average Bonchev–Trinajstić information content (AvgIpc) is 2.89. The summed E-state index contributed by atoms with van der Waals surface area (Å²) in [7, 11) is 0. The zero-order valence-corrected chi connectivity index (χ0v) is 12.2. The lowest BCUT2D eigenvalue weighted by atomic mass is 10.3. The summed E-state index contributed by atoms with van der Waals surface area (Å²) in [6.07, 6.45) is 1.46. The molecule has 0 spiro atoms. The van der Waals surface area contributed by atoms with Gasteiger partial charge in [-0.15, -0.1) is 0 Å². The smallest absolute Gasteiger partial charge is 0.305 e. The molecule has 0 radical (unpaired) electrons. The fourth-order valence-electron chi connectivity index (χ4n) is 1.61. The van der Waals surface area contributed by atoms with Crippen molar-refractivity contribution in [3.63, 3.8) is 0 Å². The van der Waals surface area contributed by atoms with E-state index >= 15 is 0 Å². The number of nitrogens with one attached hydrogen (secondary N) is 1. The van der Waals surface area contributed by atoms with Gasteiger partial charge in [0.05, 0.1) is 28.7 Å². The predicted octanol–water partition coefficient (Wildman–Crippen LogP) is 2.92. The van der Waals surface area contributed by atoms with Crippen molar-refractivity contribution in [2.45, 2.75) is 13.0 Å². The Kier molecular flexibility index (Phi) is 4.82. The van der Waals surface area contributed by atoms with Crippen LogP contribution in [0.25, 0.3) is 0 Å². The van der Waals surface area contributed by atoms with E-state index in [1.165, 1.54) is 16.9 Å². The number of aliphatic carboxylic acids is 1. The van der Waals surface area contributed by atoms with Gasteiger partial charge in [-0.3, -0.25) is 14.3 Å². The third-order valence-electron chi connectivity index (χ3n) is 2.63. The fraction of sp³-hybridized carbons (Fsp3) is 0.154. The second kappa shape index (κ2) is 6.60. The van der Waals surface area contributed by atoms with Gasteiger partial charge >= 0.3 is 5.97 Å². The zero-order valence-electron chi connectivity index (χ0n) is 10.7. The number of nitrogens with zero attached hydrogens (tertiary/aromatic N) is 2. The Bertz CT molecular complexity index is 665. The summed E-state index contributed by atoms with van der Waals surface area (Å²) in [5.74, 6) is -1.40. The lowest BCUT2D eigenvalue weighted by molar-refractivity contribution is -0.137. The molecule has 6 nitrogen and oxygen atoms in total. The molecule has 2 aromatic rings. The van der Waals surface area contributed by atoms with E-state index in [0.29, 0.717) is 15.7 Å². The maximum atomic E-state index is 12.0. The van der Waals surface area contributed by atoms with Crippen molar-refractivity contribution in [3.8, 4) is 0 Å². The molecule has 1 amide bonds. The third-order valence-corrected chi connectivity index (χ3v) is 3.26. The summed E-state index contributed by atoms with van der Waals surface area (Å²) < 4.78 is 1.39. The van der Waals surface area contributed by atoms with E-state index in [9.17, 15) is 9.59 Å². The number of anilines is 1. The first-order chi connectivity index (χ1) is 9.97. The minimum atomic E-state index is -0.931. The molecule has 0 aliphatic carbocycles. The number of hydrogen-bond donors (Lipinski definition) is 2. The van der Waals surface area contributed by atoms with Gasteiger partial charge in [-0.05, 0) is 18.2 Å². The lowest BCUT2D eigenvalue weighted by Crippen LogP contribution is -2.14. The maximum Gasteiger partial charge on any atom is 0.305 e. The summed E-state index contributed by atoms with van der Waals surface area (Å²) in [4.78, 5) is 22.5. The molecule has 8 heteroatoms. The number of benzene rings is 1. The largest absolute Gasteiger partial charge is 0.481 e. The quantitative estimate of drug-likeness (QED) is 0.884. The van der Waals surface area contributed by atoms with Gasteiger partial charge < -0.3 is 10.4 Å². The predicted molar refractivity (Wildman–Crippen MR) is 78.9 cm³/mol. The van der Waals surface area contributed by atoms with Gasteiger partial charge in [0, 0.05) is 6.20 Å². The third kappa shape index (κ3) is 3.96. The SMILES string of the molecule is O=C(O)CCn1ccc(C(=O)Nc2c(Cl)cccc2Cl)n1. The molecule has 0 saturated carbocycles. The van der Waals surface area contributed by atoms with Gasteiger partial charge in [0.2, 0.25) is 0 Å². The van der Waals surface area contributed by atoms with E-state index < -0.39 is 11.9 Å². The van der Waals surface area contributed by atoms with Crippen LogP contribution in [0.2, 0.25) is 10.0 Å². The monoisotopic (exact) mass is 327 g/mol. The molecule has 0 aliphatic rings. The molecule has 110 valence electrons. The summed E-state index contributed by atoms with van der Waals surface area (Å²) in [5, 5.41) is 15.8. The molecule has 0 saturated heterocycles. The standard InChI is InChI=1S/C13H11Cl2N3O3/c14-8-2-1-3-9(15)12(8)16-13(21)10-4-6-18(17-10)7-5-11(19)20/h1-4,6H,5,7H2,(H,16,21)(H,19,20). The summed E-state index contributed by atoms with van der Waals surface area (Å²) in [6, 6.07) is 6.37. The Labute approximate surface area is 130 Å². The highest BCUT2D eigenvalue weighted by Gasteiger charge is 2.14. The molecule has 2 N–H and O–H groups in total. The molecule has 0 bridgehead atoms. The molecular weight excluding hydrogens is 317 g/mol. The number of amides is 1. The first-order valence-electron chi connectivity index (χ1n) is 5.98. The van der Waals surface area contributed by atoms with Gasteiger partial charge in [0.15, 0.2) is 5.69 Å². The molecule has 0 unspecified atom stereocenters. The number of aromatic nitrogens is 2. The van der Waals surface area contributed by atoms with Crippen molar-refractivity contribution in [2.24, 2.45) is 0 Å². The van der Waals surface area contributed by atoms with Crippen LogP contribution >= 0.6 is 23.2 Å². The van der Waals surface area contributed by atoms with E-state index in [1.54, 1.807) is 18.2 Å². The number of carbonyl (C=O) groups is 2. The van der Waals surface area contributed by atoms with Crippen LogP contribution < -0.4 is 5.32 Å². The van der Waals surface area contributed by atoms with Crippen molar-refractivity contribution < 1.29 is 14.7 Å². The van der Waals surface area contributed by atoms with Gasteiger partial charge in [-0.25, -0.2) is 0 Å².